The molecule has 3 N–H and O–H groups in total. The van der Waals surface area contributed by atoms with Crippen molar-refractivity contribution in [2.24, 2.45) is 0 Å². The first-order valence-electron chi connectivity index (χ1n) is 10.2. The molecule has 0 bridgehead atoms. The summed E-state index contributed by atoms with van der Waals surface area (Å²) >= 11 is 4.93. The molecule has 31 heavy (non-hydrogen) atoms. The Morgan fingerprint density at radius 3 is 2.65 bits per heavy atom. The van der Waals surface area contributed by atoms with Crippen molar-refractivity contribution in [3.05, 3.63) is 74.8 Å². The molecule has 8 heteroatoms. The van der Waals surface area contributed by atoms with E-state index in [0.717, 1.165) is 47.0 Å². The van der Waals surface area contributed by atoms with Crippen LogP contribution in [-0.4, -0.2) is 23.3 Å². The van der Waals surface area contributed by atoms with Gasteiger partial charge in [0.05, 0.1) is 12.1 Å². The number of benzene rings is 1. The molecule has 3 aromatic rings. The summed E-state index contributed by atoms with van der Waals surface area (Å²) in [5.41, 5.74) is 3.41. The van der Waals surface area contributed by atoms with Crippen molar-refractivity contribution in [3.8, 4) is 0 Å². The van der Waals surface area contributed by atoms with E-state index >= 15 is 0 Å². The SMILES string of the molecule is O=C(CNCc1cccnc1)Nc1sc2c(c1C(=O)Nc1ccc(Br)cc1)CCCC2. The molecule has 160 valence electrons. The molecule has 2 aromatic heterocycles. The van der Waals surface area contributed by atoms with Gasteiger partial charge in [0, 0.05) is 34.0 Å². The first-order chi connectivity index (χ1) is 15.1. The molecule has 1 aliphatic rings. The molecule has 0 saturated heterocycles. The van der Waals surface area contributed by atoms with Gasteiger partial charge in [-0.3, -0.25) is 14.6 Å². The van der Waals surface area contributed by atoms with Crippen LogP contribution < -0.4 is 16.0 Å². The van der Waals surface area contributed by atoms with Crippen molar-refractivity contribution in [2.45, 2.75) is 32.2 Å². The molecule has 2 heterocycles. The van der Waals surface area contributed by atoms with Gasteiger partial charge in [0.15, 0.2) is 0 Å². The number of nitrogens with one attached hydrogen (secondary N) is 3. The highest BCUT2D eigenvalue weighted by Crippen LogP contribution is 2.38. The van der Waals surface area contributed by atoms with Crippen LogP contribution in [0.3, 0.4) is 0 Å². The predicted octanol–water partition coefficient (Wildman–Crippen LogP) is 4.77. The van der Waals surface area contributed by atoms with Crippen LogP contribution in [0.5, 0.6) is 0 Å². The number of carbonyl (C=O) groups is 2. The third-order valence-corrected chi connectivity index (χ3v) is 6.83. The van der Waals surface area contributed by atoms with Gasteiger partial charge in [-0.05, 0) is 67.1 Å². The van der Waals surface area contributed by atoms with E-state index in [0.29, 0.717) is 17.1 Å². The Balaban J connectivity index is 1.46. The molecule has 0 unspecified atom stereocenters. The number of amides is 2. The van der Waals surface area contributed by atoms with Crippen LogP contribution in [0.15, 0.2) is 53.3 Å². The largest absolute Gasteiger partial charge is 0.322 e. The first-order valence-corrected chi connectivity index (χ1v) is 11.8. The van der Waals surface area contributed by atoms with Crippen LogP contribution >= 0.6 is 27.3 Å². The zero-order valence-corrected chi connectivity index (χ0v) is 19.3. The quantitative estimate of drug-likeness (QED) is 0.438. The average molecular weight is 499 g/mol. The van der Waals surface area contributed by atoms with E-state index < -0.39 is 0 Å². The second-order valence-corrected chi connectivity index (χ2v) is 9.41. The summed E-state index contributed by atoms with van der Waals surface area (Å²) in [4.78, 5) is 31.0. The summed E-state index contributed by atoms with van der Waals surface area (Å²) in [7, 11) is 0. The number of fused-ring (bicyclic) bond motifs is 1. The lowest BCUT2D eigenvalue weighted by Crippen LogP contribution is -2.28. The minimum atomic E-state index is -0.180. The molecule has 1 aliphatic carbocycles. The molecule has 0 radical (unpaired) electrons. The van der Waals surface area contributed by atoms with Crippen LogP contribution in [0.25, 0.3) is 0 Å². The van der Waals surface area contributed by atoms with E-state index in [2.05, 4.69) is 36.9 Å². The Bertz CT molecular complexity index is 1070. The van der Waals surface area contributed by atoms with Crippen molar-refractivity contribution in [2.75, 3.05) is 17.2 Å². The Morgan fingerprint density at radius 2 is 1.87 bits per heavy atom. The summed E-state index contributed by atoms with van der Waals surface area (Å²) in [6.07, 6.45) is 7.47. The maximum Gasteiger partial charge on any atom is 0.258 e. The molecular formula is C23H23BrN4O2S. The number of aryl methyl sites for hydroxylation is 1. The average Bonchev–Trinajstić information content (AvgIpc) is 3.14. The molecule has 0 spiro atoms. The number of hydrogen-bond acceptors (Lipinski definition) is 5. The Morgan fingerprint density at radius 1 is 1.06 bits per heavy atom. The number of nitrogens with zero attached hydrogens (tertiary/aromatic N) is 1. The fourth-order valence-electron chi connectivity index (χ4n) is 3.61. The number of halogens is 1. The van der Waals surface area contributed by atoms with Crippen molar-refractivity contribution in [1.82, 2.24) is 10.3 Å². The summed E-state index contributed by atoms with van der Waals surface area (Å²) < 4.78 is 0.949. The molecule has 0 fully saturated rings. The van der Waals surface area contributed by atoms with Crippen LogP contribution in [0.2, 0.25) is 0 Å². The molecule has 2 amide bonds. The van der Waals surface area contributed by atoms with E-state index in [1.54, 1.807) is 12.4 Å². The normalized spacial score (nSPS) is 12.8. The highest BCUT2D eigenvalue weighted by atomic mass is 79.9. The highest BCUT2D eigenvalue weighted by molar-refractivity contribution is 9.10. The molecular weight excluding hydrogens is 476 g/mol. The van der Waals surface area contributed by atoms with E-state index in [1.807, 2.05) is 36.4 Å². The van der Waals surface area contributed by atoms with Gasteiger partial charge in [0.25, 0.3) is 5.91 Å². The number of rotatable bonds is 7. The molecule has 6 nitrogen and oxygen atoms in total. The number of hydrogen-bond donors (Lipinski definition) is 3. The Kier molecular flexibility index (Phi) is 7.11. The van der Waals surface area contributed by atoms with Crippen molar-refractivity contribution in [3.63, 3.8) is 0 Å². The topological polar surface area (TPSA) is 83.1 Å². The lowest BCUT2D eigenvalue weighted by atomic mass is 9.95. The van der Waals surface area contributed by atoms with E-state index in [-0.39, 0.29) is 18.4 Å². The zero-order chi connectivity index (χ0) is 21.6. The van der Waals surface area contributed by atoms with Gasteiger partial charge in [0.1, 0.15) is 5.00 Å². The second-order valence-electron chi connectivity index (χ2n) is 7.39. The van der Waals surface area contributed by atoms with Crippen molar-refractivity contribution >= 4 is 49.8 Å². The van der Waals surface area contributed by atoms with Crippen LogP contribution in [0.1, 0.15) is 39.2 Å². The van der Waals surface area contributed by atoms with Gasteiger partial charge in [-0.25, -0.2) is 0 Å². The maximum atomic E-state index is 13.1. The third kappa shape index (κ3) is 5.58. The summed E-state index contributed by atoms with van der Waals surface area (Å²) in [6.45, 7) is 0.713. The van der Waals surface area contributed by atoms with Crippen molar-refractivity contribution in [1.29, 1.82) is 0 Å². The molecule has 4 rings (SSSR count). The third-order valence-electron chi connectivity index (χ3n) is 5.09. The van der Waals surface area contributed by atoms with Crippen LogP contribution in [0, 0.1) is 0 Å². The van der Waals surface area contributed by atoms with Crippen LogP contribution in [-0.2, 0) is 24.2 Å². The van der Waals surface area contributed by atoms with E-state index in [9.17, 15) is 9.59 Å². The monoisotopic (exact) mass is 498 g/mol. The minimum absolute atomic E-state index is 0.158. The summed E-state index contributed by atoms with van der Waals surface area (Å²) in [5.74, 6) is -0.347. The van der Waals surface area contributed by atoms with E-state index in [1.165, 1.54) is 16.2 Å². The standard InChI is InChI=1S/C23H23BrN4O2S/c24-16-7-9-17(10-8-16)27-22(30)21-18-5-1-2-6-19(18)31-23(21)28-20(29)14-26-13-15-4-3-11-25-12-15/h3-4,7-12,26H,1-2,5-6,13-14H2,(H,27,30)(H,28,29). The molecule has 0 saturated carbocycles. The van der Waals surface area contributed by atoms with Gasteiger partial charge in [-0.15, -0.1) is 11.3 Å². The lowest BCUT2D eigenvalue weighted by molar-refractivity contribution is -0.115. The minimum Gasteiger partial charge on any atom is -0.322 e. The fraction of sp³-hybridized carbons (Fsp3) is 0.261. The second kappa shape index (κ2) is 10.2. The smallest absolute Gasteiger partial charge is 0.258 e. The highest BCUT2D eigenvalue weighted by Gasteiger charge is 2.26. The first kappa shape index (κ1) is 21.7. The molecule has 1 aromatic carbocycles. The van der Waals surface area contributed by atoms with Crippen molar-refractivity contribution < 1.29 is 9.59 Å². The molecule has 0 aliphatic heterocycles. The van der Waals surface area contributed by atoms with Gasteiger partial charge in [0.2, 0.25) is 5.91 Å². The zero-order valence-electron chi connectivity index (χ0n) is 16.9. The number of aromatic nitrogens is 1. The van der Waals surface area contributed by atoms with Gasteiger partial charge >= 0.3 is 0 Å². The number of pyridine rings is 1. The number of thiophene rings is 1. The maximum absolute atomic E-state index is 13.1. The number of anilines is 2. The molecule has 0 atom stereocenters. The summed E-state index contributed by atoms with van der Waals surface area (Å²) in [5, 5.41) is 9.69. The van der Waals surface area contributed by atoms with Gasteiger partial charge in [-0.2, -0.15) is 0 Å². The van der Waals surface area contributed by atoms with Gasteiger partial charge < -0.3 is 16.0 Å². The lowest BCUT2D eigenvalue weighted by Gasteiger charge is -2.13. The van der Waals surface area contributed by atoms with Crippen LogP contribution in [0.4, 0.5) is 10.7 Å². The predicted molar refractivity (Wildman–Crippen MR) is 128 cm³/mol. The summed E-state index contributed by atoms with van der Waals surface area (Å²) in [6, 6.07) is 11.3. The Labute approximate surface area is 193 Å². The fourth-order valence-corrected chi connectivity index (χ4v) is 5.18. The van der Waals surface area contributed by atoms with E-state index in [4.69, 9.17) is 0 Å². The number of carbonyl (C=O) groups excluding carboxylic acids is 2. The van der Waals surface area contributed by atoms with Gasteiger partial charge in [-0.1, -0.05) is 22.0 Å². The Hall–Kier alpha value is -2.55.